The second kappa shape index (κ2) is 7.93. The molecule has 0 radical (unpaired) electrons. The molecule has 0 saturated carbocycles. The zero-order valence-corrected chi connectivity index (χ0v) is 17.7. The number of hydrogen-bond donors (Lipinski definition) is 0. The molecule has 5 heteroatoms. The minimum atomic E-state index is 0.318. The van der Waals surface area contributed by atoms with Gasteiger partial charge in [-0.2, -0.15) is 0 Å². The molecule has 0 fully saturated rings. The highest BCUT2D eigenvalue weighted by molar-refractivity contribution is 6.33. The number of hydrogen-bond acceptors (Lipinski definition) is 3. The van der Waals surface area contributed by atoms with Crippen molar-refractivity contribution in [1.29, 1.82) is 0 Å². The molecule has 2 aromatic carbocycles. The number of fused-ring (bicyclic) bond motifs is 1. The van der Waals surface area contributed by atoms with Gasteiger partial charge in [-0.3, -0.25) is 0 Å². The molecule has 0 spiro atoms. The highest BCUT2D eigenvalue weighted by Crippen LogP contribution is 2.34. The molecule has 1 atom stereocenters. The number of aromatic nitrogens is 1. The first-order valence-electron chi connectivity index (χ1n) is 9.95. The minimum Gasteiger partial charge on any atom is -0.441 e. The predicted molar refractivity (Wildman–Crippen MR) is 118 cm³/mol. The molecule has 1 aromatic heterocycles. The number of rotatable bonds is 4. The van der Waals surface area contributed by atoms with E-state index in [-0.39, 0.29) is 0 Å². The molecule has 0 unspecified atom stereocenters. The fourth-order valence-electron chi connectivity index (χ4n) is 3.84. The third kappa shape index (κ3) is 3.88. The summed E-state index contributed by atoms with van der Waals surface area (Å²) in [5, 5.41) is 0.495. The van der Waals surface area contributed by atoms with Crippen molar-refractivity contribution in [1.82, 2.24) is 4.98 Å². The van der Waals surface area contributed by atoms with Crippen LogP contribution in [0.25, 0.3) is 16.3 Å². The van der Waals surface area contributed by atoms with Crippen LogP contribution in [0, 0.1) is 6.57 Å². The van der Waals surface area contributed by atoms with Crippen LogP contribution in [-0.2, 0) is 12.8 Å². The number of nitrogens with zero attached hydrogens (tertiary/aromatic N) is 3. The summed E-state index contributed by atoms with van der Waals surface area (Å²) in [7, 11) is 2.07. The predicted octanol–water partition coefficient (Wildman–Crippen LogP) is 6.66. The summed E-state index contributed by atoms with van der Waals surface area (Å²) in [4.78, 5) is 10.5. The van der Waals surface area contributed by atoms with Crippen LogP contribution in [0.15, 0.2) is 46.9 Å². The van der Waals surface area contributed by atoms with Crippen molar-refractivity contribution in [3.05, 3.63) is 75.9 Å². The van der Waals surface area contributed by atoms with Crippen molar-refractivity contribution >= 4 is 23.0 Å². The van der Waals surface area contributed by atoms with Crippen LogP contribution >= 0.6 is 11.6 Å². The average Bonchev–Trinajstić information content (AvgIpc) is 3.16. The van der Waals surface area contributed by atoms with Gasteiger partial charge in [0.25, 0.3) is 0 Å². The van der Waals surface area contributed by atoms with Gasteiger partial charge in [0.05, 0.1) is 12.3 Å². The normalized spacial score (nSPS) is 15.8. The van der Waals surface area contributed by atoms with Gasteiger partial charge in [-0.1, -0.05) is 43.6 Å². The molecule has 1 aliphatic carbocycles. The van der Waals surface area contributed by atoms with Gasteiger partial charge in [-0.05, 0) is 42.2 Å². The zero-order valence-electron chi connectivity index (χ0n) is 16.9. The molecule has 0 N–H and O–H groups in total. The summed E-state index contributed by atoms with van der Waals surface area (Å²) < 4.78 is 6.09. The van der Waals surface area contributed by atoms with Crippen molar-refractivity contribution in [2.24, 2.45) is 0 Å². The van der Waals surface area contributed by atoms with E-state index >= 15 is 0 Å². The van der Waals surface area contributed by atoms with Gasteiger partial charge in [0.15, 0.2) is 0 Å². The van der Waals surface area contributed by atoms with Crippen LogP contribution in [0.1, 0.15) is 43.2 Å². The van der Waals surface area contributed by atoms with E-state index in [4.69, 9.17) is 27.6 Å². The molecule has 0 saturated heterocycles. The Bertz CT molecular complexity index is 1060. The quantitative estimate of drug-likeness (QED) is 0.455. The maximum absolute atomic E-state index is 7.15. The van der Waals surface area contributed by atoms with Crippen molar-refractivity contribution in [2.45, 2.75) is 45.1 Å². The van der Waals surface area contributed by atoms with Crippen LogP contribution < -0.4 is 4.90 Å². The third-order valence-corrected chi connectivity index (χ3v) is 6.05. The second-order valence-electron chi connectivity index (χ2n) is 7.92. The number of aryl methyl sites for hydroxylation is 1. The Balaban J connectivity index is 1.53. The van der Waals surface area contributed by atoms with E-state index in [9.17, 15) is 0 Å². The monoisotopic (exact) mass is 405 g/mol. The molecular formula is C24H24ClN3O. The van der Waals surface area contributed by atoms with Crippen LogP contribution in [0.3, 0.4) is 0 Å². The van der Waals surface area contributed by atoms with Gasteiger partial charge in [0, 0.05) is 42.2 Å². The van der Waals surface area contributed by atoms with E-state index in [1.807, 2.05) is 12.1 Å². The van der Waals surface area contributed by atoms with Crippen LogP contribution in [0.4, 0.5) is 11.4 Å². The summed E-state index contributed by atoms with van der Waals surface area (Å²) in [5.74, 6) is 2.22. The maximum atomic E-state index is 7.15. The largest absolute Gasteiger partial charge is 0.441 e. The highest BCUT2D eigenvalue weighted by Gasteiger charge is 2.27. The average molecular weight is 406 g/mol. The fraction of sp³-hybridized carbons (Fsp3) is 0.333. The maximum Gasteiger partial charge on any atom is 0.226 e. The molecule has 1 heterocycles. The number of halogens is 1. The molecule has 0 bridgehead atoms. The van der Waals surface area contributed by atoms with Gasteiger partial charge in [-0.25, -0.2) is 9.83 Å². The molecule has 4 rings (SSSR count). The first kappa shape index (κ1) is 19.5. The Kier molecular flexibility index (Phi) is 5.34. The Morgan fingerprint density at radius 1 is 1.21 bits per heavy atom. The van der Waals surface area contributed by atoms with Gasteiger partial charge in [0.1, 0.15) is 5.76 Å². The van der Waals surface area contributed by atoms with Gasteiger partial charge in [-0.15, -0.1) is 0 Å². The Morgan fingerprint density at radius 3 is 2.62 bits per heavy atom. The van der Waals surface area contributed by atoms with Crippen molar-refractivity contribution in [3.8, 4) is 11.5 Å². The Labute approximate surface area is 177 Å². The summed E-state index contributed by atoms with van der Waals surface area (Å²) in [6.07, 6.45) is 2.70. The lowest BCUT2D eigenvalue weighted by Gasteiger charge is -2.32. The van der Waals surface area contributed by atoms with E-state index in [2.05, 4.69) is 54.9 Å². The molecule has 4 nitrogen and oxygen atoms in total. The lowest BCUT2D eigenvalue weighted by Crippen LogP contribution is -2.36. The SMILES string of the molecule is [C-]#[N+]c1ccc(N(C)[C@@H]2CCc3oc(-c4ccc(C(C)C)cc4)nc3C2)cc1Cl. The van der Waals surface area contributed by atoms with Gasteiger partial charge < -0.3 is 9.32 Å². The fourth-order valence-corrected chi connectivity index (χ4v) is 4.06. The van der Waals surface area contributed by atoms with Crippen LogP contribution in [0.5, 0.6) is 0 Å². The van der Waals surface area contributed by atoms with E-state index in [1.165, 1.54) is 5.56 Å². The molecular weight excluding hydrogens is 382 g/mol. The molecule has 3 aromatic rings. The summed E-state index contributed by atoms with van der Waals surface area (Å²) in [6.45, 7) is 11.5. The van der Waals surface area contributed by atoms with Gasteiger partial charge >= 0.3 is 0 Å². The lowest BCUT2D eigenvalue weighted by molar-refractivity contribution is 0.456. The highest BCUT2D eigenvalue weighted by atomic mass is 35.5. The lowest BCUT2D eigenvalue weighted by atomic mass is 9.95. The standard InChI is InChI=1S/C24H24ClN3O/c1-15(2)16-5-7-17(8-6-16)24-27-22-14-19(10-12-23(22)29-24)28(4)18-9-11-21(26-3)20(25)13-18/h5-9,11,13,15,19H,10,12,14H2,1-2,4H3/t19-/m1/s1. The minimum absolute atomic E-state index is 0.318. The Hall–Kier alpha value is -2.77. The smallest absolute Gasteiger partial charge is 0.226 e. The van der Waals surface area contributed by atoms with Crippen molar-refractivity contribution < 1.29 is 4.42 Å². The van der Waals surface area contributed by atoms with Crippen LogP contribution in [0.2, 0.25) is 5.02 Å². The number of anilines is 1. The first-order chi connectivity index (χ1) is 14.0. The van der Waals surface area contributed by atoms with E-state index in [0.29, 0.717) is 28.6 Å². The first-order valence-corrected chi connectivity index (χ1v) is 10.3. The van der Waals surface area contributed by atoms with Gasteiger partial charge in [0.2, 0.25) is 11.6 Å². The van der Waals surface area contributed by atoms with Crippen LogP contribution in [-0.4, -0.2) is 18.1 Å². The zero-order chi connectivity index (χ0) is 20.5. The molecule has 148 valence electrons. The third-order valence-electron chi connectivity index (χ3n) is 5.74. The van der Waals surface area contributed by atoms with E-state index in [1.54, 1.807) is 6.07 Å². The molecule has 29 heavy (non-hydrogen) atoms. The summed E-state index contributed by atoms with van der Waals surface area (Å²) in [5.41, 5.74) is 4.88. The van der Waals surface area contributed by atoms with E-state index < -0.39 is 0 Å². The molecule has 0 amide bonds. The topological polar surface area (TPSA) is 33.6 Å². The number of oxazole rings is 1. The van der Waals surface area contributed by atoms with Crippen molar-refractivity contribution in [3.63, 3.8) is 0 Å². The Morgan fingerprint density at radius 2 is 1.97 bits per heavy atom. The molecule has 1 aliphatic rings. The summed E-state index contributed by atoms with van der Waals surface area (Å²) in [6, 6.07) is 14.4. The summed E-state index contributed by atoms with van der Waals surface area (Å²) >= 11 is 6.23. The second-order valence-corrected chi connectivity index (χ2v) is 8.33. The van der Waals surface area contributed by atoms with Crippen molar-refractivity contribution in [2.75, 3.05) is 11.9 Å². The van der Waals surface area contributed by atoms with E-state index in [0.717, 1.165) is 42.0 Å². The molecule has 0 aliphatic heterocycles. The number of likely N-dealkylation sites (N-methyl/N-ethyl adjacent to an activating group) is 1. The number of benzene rings is 2.